The van der Waals surface area contributed by atoms with Crippen molar-refractivity contribution in [2.45, 2.75) is 24.9 Å². The molecule has 0 N–H and O–H groups in total. The van der Waals surface area contributed by atoms with Gasteiger partial charge in [-0.15, -0.1) is 0 Å². The largest absolute Gasteiger partial charge is 0.378 e. The van der Waals surface area contributed by atoms with Crippen LogP contribution in [0.4, 0.5) is 5.95 Å². The van der Waals surface area contributed by atoms with Crippen molar-refractivity contribution in [2.75, 3.05) is 50.9 Å². The lowest BCUT2D eigenvalue weighted by Crippen LogP contribution is -2.43. The number of likely N-dealkylation sites (tertiary alicyclic amines) is 1. The number of hydrogen-bond acceptors (Lipinski definition) is 6. The average Bonchev–Trinajstić information content (AvgIpc) is 3.20. The van der Waals surface area contributed by atoms with Crippen molar-refractivity contribution >= 4 is 11.9 Å². The Morgan fingerprint density at radius 1 is 1.10 bits per heavy atom. The summed E-state index contributed by atoms with van der Waals surface area (Å²) in [6.07, 6.45) is 3.22. The van der Waals surface area contributed by atoms with Crippen molar-refractivity contribution < 1.29 is 14.3 Å². The zero-order valence-corrected chi connectivity index (χ0v) is 16.5. The van der Waals surface area contributed by atoms with Gasteiger partial charge in [0.1, 0.15) is 0 Å². The molecule has 152 valence electrons. The van der Waals surface area contributed by atoms with Gasteiger partial charge in [-0.1, -0.05) is 30.3 Å². The average molecular weight is 394 g/mol. The van der Waals surface area contributed by atoms with E-state index in [1.807, 2.05) is 41.4 Å². The third-order valence-corrected chi connectivity index (χ3v) is 6.19. The number of carbonyl (C=O) groups is 1. The van der Waals surface area contributed by atoms with E-state index in [0.717, 1.165) is 48.8 Å². The van der Waals surface area contributed by atoms with E-state index < -0.39 is 0 Å². The first-order valence-electron chi connectivity index (χ1n) is 10.3. The third kappa shape index (κ3) is 3.60. The number of carbonyl (C=O) groups excluding carboxylic acids is 1. The molecule has 2 aromatic rings. The summed E-state index contributed by atoms with van der Waals surface area (Å²) in [5, 5.41) is 0. The molecule has 3 aliphatic rings. The molecule has 1 atom stereocenters. The molecule has 7 nitrogen and oxygen atoms in total. The van der Waals surface area contributed by atoms with Crippen LogP contribution in [0.15, 0.2) is 36.5 Å². The molecule has 5 rings (SSSR count). The van der Waals surface area contributed by atoms with Crippen LogP contribution in [0.1, 0.15) is 23.2 Å². The standard InChI is InChI=1S/C22H26N4O3/c27-19(12-17-4-2-1-3-5-17)26-7-6-22(15-26)16-29-14-18-13-23-21(24-20(18)22)25-8-10-28-11-9-25/h1-5,13H,6-12,14-16H2/t22-/m1/s1. The molecule has 2 saturated heterocycles. The van der Waals surface area contributed by atoms with Crippen LogP contribution in [0.3, 0.4) is 0 Å². The van der Waals surface area contributed by atoms with Crippen molar-refractivity contribution in [1.82, 2.24) is 14.9 Å². The van der Waals surface area contributed by atoms with Crippen LogP contribution in [-0.2, 0) is 32.7 Å². The van der Waals surface area contributed by atoms with Crippen molar-refractivity contribution in [3.8, 4) is 0 Å². The van der Waals surface area contributed by atoms with Gasteiger partial charge < -0.3 is 19.3 Å². The number of benzene rings is 1. The van der Waals surface area contributed by atoms with Gasteiger partial charge in [0, 0.05) is 37.9 Å². The van der Waals surface area contributed by atoms with Gasteiger partial charge in [-0.2, -0.15) is 0 Å². The topological polar surface area (TPSA) is 67.8 Å². The molecule has 0 saturated carbocycles. The molecule has 0 unspecified atom stereocenters. The second-order valence-corrected chi connectivity index (χ2v) is 8.14. The smallest absolute Gasteiger partial charge is 0.227 e. The molecule has 29 heavy (non-hydrogen) atoms. The summed E-state index contributed by atoms with van der Waals surface area (Å²) in [5.74, 6) is 0.935. The Balaban J connectivity index is 1.37. The summed E-state index contributed by atoms with van der Waals surface area (Å²) in [6, 6.07) is 9.93. The number of rotatable bonds is 3. The summed E-state index contributed by atoms with van der Waals surface area (Å²) in [4.78, 5) is 26.6. The second kappa shape index (κ2) is 7.72. The minimum Gasteiger partial charge on any atom is -0.378 e. The molecule has 1 spiro atoms. The Bertz CT molecular complexity index is 885. The molecule has 0 aliphatic carbocycles. The summed E-state index contributed by atoms with van der Waals surface area (Å²) in [6.45, 7) is 5.57. The predicted molar refractivity (Wildman–Crippen MR) is 108 cm³/mol. The second-order valence-electron chi connectivity index (χ2n) is 8.14. The zero-order chi connectivity index (χ0) is 19.7. The summed E-state index contributed by atoms with van der Waals surface area (Å²) in [5.41, 5.74) is 2.93. The number of anilines is 1. The third-order valence-electron chi connectivity index (χ3n) is 6.19. The highest BCUT2D eigenvalue weighted by atomic mass is 16.5. The minimum absolute atomic E-state index is 0.169. The Kier molecular flexibility index (Phi) is 4.93. The Labute approximate surface area is 170 Å². The number of nitrogens with zero attached hydrogens (tertiary/aromatic N) is 4. The van der Waals surface area contributed by atoms with Crippen LogP contribution in [0, 0.1) is 0 Å². The van der Waals surface area contributed by atoms with Gasteiger partial charge in [-0.3, -0.25) is 4.79 Å². The first kappa shape index (κ1) is 18.5. The van der Waals surface area contributed by atoms with Crippen LogP contribution in [0.5, 0.6) is 0 Å². The predicted octanol–water partition coefficient (Wildman–Crippen LogP) is 1.56. The first-order valence-corrected chi connectivity index (χ1v) is 10.3. The quantitative estimate of drug-likeness (QED) is 0.787. The van der Waals surface area contributed by atoms with Crippen molar-refractivity contribution in [2.24, 2.45) is 0 Å². The van der Waals surface area contributed by atoms with Gasteiger partial charge in [0.15, 0.2) is 0 Å². The van der Waals surface area contributed by atoms with Crippen LogP contribution < -0.4 is 4.90 Å². The van der Waals surface area contributed by atoms with Crippen LogP contribution >= 0.6 is 0 Å². The molecule has 3 aliphatic heterocycles. The normalized spacial score (nSPS) is 24.0. The lowest BCUT2D eigenvalue weighted by Gasteiger charge is -2.35. The number of amides is 1. The van der Waals surface area contributed by atoms with Gasteiger partial charge in [0.2, 0.25) is 11.9 Å². The molecule has 4 heterocycles. The molecule has 0 bridgehead atoms. The number of morpholine rings is 1. The van der Waals surface area contributed by atoms with Crippen molar-refractivity contribution in [3.63, 3.8) is 0 Å². The molecule has 2 fully saturated rings. The molecule has 1 aromatic carbocycles. The number of aromatic nitrogens is 2. The van der Waals surface area contributed by atoms with Crippen molar-refractivity contribution in [1.29, 1.82) is 0 Å². The Hall–Kier alpha value is -2.51. The van der Waals surface area contributed by atoms with E-state index in [4.69, 9.17) is 14.5 Å². The monoisotopic (exact) mass is 394 g/mol. The molecular formula is C22H26N4O3. The fourth-order valence-electron chi connectivity index (χ4n) is 4.58. The van der Waals surface area contributed by atoms with Gasteiger partial charge in [0.05, 0.1) is 44.0 Å². The Morgan fingerprint density at radius 2 is 1.93 bits per heavy atom. The highest BCUT2D eigenvalue weighted by Gasteiger charge is 2.46. The summed E-state index contributed by atoms with van der Waals surface area (Å²) in [7, 11) is 0. The van der Waals surface area contributed by atoms with Gasteiger partial charge in [0.25, 0.3) is 0 Å². The van der Waals surface area contributed by atoms with E-state index in [0.29, 0.717) is 39.4 Å². The maximum atomic E-state index is 12.9. The highest BCUT2D eigenvalue weighted by molar-refractivity contribution is 5.79. The fraction of sp³-hybridized carbons (Fsp3) is 0.500. The van der Waals surface area contributed by atoms with E-state index in [9.17, 15) is 4.79 Å². The minimum atomic E-state index is -0.232. The van der Waals surface area contributed by atoms with E-state index in [1.165, 1.54) is 0 Å². The molecule has 0 radical (unpaired) electrons. The fourth-order valence-corrected chi connectivity index (χ4v) is 4.58. The lowest BCUT2D eigenvalue weighted by molar-refractivity contribution is -0.129. The number of hydrogen-bond donors (Lipinski definition) is 0. The SMILES string of the molecule is O=C(Cc1ccccc1)N1CC[C@]2(COCc3cnc(N4CCOCC4)nc32)C1. The van der Waals surface area contributed by atoms with Gasteiger partial charge >= 0.3 is 0 Å². The maximum Gasteiger partial charge on any atom is 0.227 e. The van der Waals surface area contributed by atoms with Crippen LogP contribution in [0.25, 0.3) is 0 Å². The number of ether oxygens (including phenoxy) is 2. The Morgan fingerprint density at radius 3 is 2.76 bits per heavy atom. The van der Waals surface area contributed by atoms with Crippen LogP contribution in [-0.4, -0.2) is 66.8 Å². The molecular weight excluding hydrogens is 368 g/mol. The van der Waals surface area contributed by atoms with Gasteiger partial charge in [-0.25, -0.2) is 9.97 Å². The first-order chi connectivity index (χ1) is 14.2. The van der Waals surface area contributed by atoms with E-state index in [1.54, 1.807) is 0 Å². The van der Waals surface area contributed by atoms with Gasteiger partial charge in [-0.05, 0) is 12.0 Å². The van der Waals surface area contributed by atoms with E-state index in [-0.39, 0.29) is 11.3 Å². The molecule has 7 heteroatoms. The summed E-state index contributed by atoms with van der Waals surface area (Å²) >= 11 is 0. The highest BCUT2D eigenvalue weighted by Crippen LogP contribution is 2.39. The van der Waals surface area contributed by atoms with Crippen molar-refractivity contribution in [3.05, 3.63) is 53.3 Å². The van der Waals surface area contributed by atoms with E-state index in [2.05, 4.69) is 9.88 Å². The maximum absolute atomic E-state index is 12.9. The molecule has 1 aromatic heterocycles. The summed E-state index contributed by atoms with van der Waals surface area (Å²) < 4.78 is 11.4. The van der Waals surface area contributed by atoms with Crippen LogP contribution in [0.2, 0.25) is 0 Å². The van der Waals surface area contributed by atoms with E-state index >= 15 is 0 Å². The lowest BCUT2D eigenvalue weighted by atomic mass is 9.80. The number of fused-ring (bicyclic) bond motifs is 2. The molecule has 1 amide bonds. The zero-order valence-electron chi connectivity index (χ0n) is 16.5.